The van der Waals surface area contributed by atoms with E-state index in [1.165, 1.54) is 10.4 Å². The van der Waals surface area contributed by atoms with Gasteiger partial charge in [-0.15, -0.1) is 0 Å². The summed E-state index contributed by atoms with van der Waals surface area (Å²) in [6.07, 6.45) is 1.76. The van der Waals surface area contributed by atoms with Gasteiger partial charge in [0.1, 0.15) is 0 Å². The first-order valence-electron chi connectivity index (χ1n) is 9.20. The standard InChI is InChI=1S/C21H26N2O3S/c1-14-11-16(3)20(17(4)12-14)22-21(24)19-13-18(8-7-15(19)2)27(25,26)23-9-5-6-10-23/h7-8,11-13H,5-6,9-10H2,1-4H3,(H,22,24). The van der Waals surface area contributed by atoms with Crippen LogP contribution in [0.25, 0.3) is 0 Å². The van der Waals surface area contributed by atoms with Crippen molar-refractivity contribution >= 4 is 21.6 Å². The van der Waals surface area contributed by atoms with Crippen LogP contribution in [0.5, 0.6) is 0 Å². The molecule has 2 aromatic rings. The summed E-state index contributed by atoms with van der Waals surface area (Å²) < 4.78 is 27.1. The zero-order chi connectivity index (χ0) is 19.8. The topological polar surface area (TPSA) is 66.5 Å². The highest BCUT2D eigenvalue weighted by molar-refractivity contribution is 7.89. The Morgan fingerprint density at radius 3 is 2.11 bits per heavy atom. The molecule has 0 atom stereocenters. The van der Waals surface area contributed by atoms with E-state index in [0.717, 1.165) is 40.8 Å². The largest absolute Gasteiger partial charge is 0.321 e. The van der Waals surface area contributed by atoms with E-state index >= 15 is 0 Å². The van der Waals surface area contributed by atoms with E-state index in [2.05, 4.69) is 5.32 Å². The number of rotatable bonds is 4. The van der Waals surface area contributed by atoms with E-state index < -0.39 is 10.0 Å². The van der Waals surface area contributed by atoms with Crippen LogP contribution in [0.1, 0.15) is 45.5 Å². The van der Waals surface area contributed by atoms with Gasteiger partial charge in [0.25, 0.3) is 5.91 Å². The van der Waals surface area contributed by atoms with Gasteiger partial charge in [0, 0.05) is 24.3 Å². The van der Waals surface area contributed by atoms with E-state index in [-0.39, 0.29) is 10.8 Å². The highest BCUT2D eigenvalue weighted by Gasteiger charge is 2.28. The molecule has 0 aliphatic carbocycles. The minimum absolute atomic E-state index is 0.178. The molecule has 6 heteroatoms. The van der Waals surface area contributed by atoms with Gasteiger partial charge >= 0.3 is 0 Å². The van der Waals surface area contributed by atoms with Crippen LogP contribution in [0.4, 0.5) is 5.69 Å². The van der Waals surface area contributed by atoms with Crippen molar-refractivity contribution in [2.75, 3.05) is 18.4 Å². The van der Waals surface area contributed by atoms with Crippen molar-refractivity contribution < 1.29 is 13.2 Å². The molecule has 0 bridgehead atoms. The Morgan fingerprint density at radius 1 is 0.926 bits per heavy atom. The first-order chi connectivity index (χ1) is 12.7. The van der Waals surface area contributed by atoms with Gasteiger partial charge in [0.05, 0.1) is 4.90 Å². The molecule has 2 aromatic carbocycles. The average molecular weight is 387 g/mol. The molecule has 1 saturated heterocycles. The predicted molar refractivity (Wildman–Crippen MR) is 108 cm³/mol. The molecule has 5 nitrogen and oxygen atoms in total. The Labute approximate surface area is 161 Å². The second kappa shape index (κ2) is 7.44. The van der Waals surface area contributed by atoms with Crippen LogP contribution in [0.15, 0.2) is 35.2 Å². The second-order valence-electron chi connectivity index (χ2n) is 7.32. The molecule has 144 valence electrons. The summed E-state index contributed by atoms with van der Waals surface area (Å²) in [6.45, 7) is 8.82. The molecule has 1 aliphatic rings. The summed E-state index contributed by atoms with van der Waals surface area (Å²) in [4.78, 5) is 13.1. The van der Waals surface area contributed by atoms with Crippen LogP contribution >= 0.6 is 0 Å². The molecule has 1 amide bonds. The summed E-state index contributed by atoms with van der Waals surface area (Å²) >= 11 is 0. The number of nitrogens with one attached hydrogen (secondary N) is 1. The summed E-state index contributed by atoms with van der Waals surface area (Å²) in [7, 11) is -3.55. The zero-order valence-electron chi connectivity index (χ0n) is 16.3. The number of anilines is 1. The summed E-state index contributed by atoms with van der Waals surface area (Å²) in [5.74, 6) is -0.291. The van der Waals surface area contributed by atoms with Gasteiger partial charge in [-0.2, -0.15) is 4.31 Å². The molecule has 27 heavy (non-hydrogen) atoms. The maximum absolute atomic E-state index is 12.9. The van der Waals surface area contributed by atoms with Crippen molar-refractivity contribution in [3.8, 4) is 0 Å². The molecule has 0 saturated carbocycles. The van der Waals surface area contributed by atoms with E-state index in [1.807, 2.05) is 39.8 Å². The van der Waals surface area contributed by atoms with Crippen LogP contribution in [0, 0.1) is 27.7 Å². The van der Waals surface area contributed by atoms with E-state index in [4.69, 9.17) is 0 Å². The van der Waals surface area contributed by atoms with Crippen molar-refractivity contribution in [3.63, 3.8) is 0 Å². The Morgan fingerprint density at radius 2 is 1.52 bits per heavy atom. The van der Waals surface area contributed by atoms with E-state index in [1.54, 1.807) is 12.1 Å². The Kier molecular flexibility index (Phi) is 5.40. The van der Waals surface area contributed by atoms with Gasteiger partial charge < -0.3 is 5.32 Å². The van der Waals surface area contributed by atoms with Crippen molar-refractivity contribution in [2.24, 2.45) is 0 Å². The fraction of sp³-hybridized carbons (Fsp3) is 0.381. The van der Waals surface area contributed by atoms with Gasteiger partial charge in [-0.3, -0.25) is 4.79 Å². The highest BCUT2D eigenvalue weighted by atomic mass is 32.2. The van der Waals surface area contributed by atoms with E-state index in [0.29, 0.717) is 18.7 Å². The third-order valence-corrected chi connectivity index (χ3v) is 6.97. The quantitative estimate of drug-likeness (QED) is 0.865. The van der Waals surface area contributed by atoms with Crippen molar-refractivity contribution in [1.29, 1.82) is 0 Å². The second-order valence-corrected chi connectivity index (χ2v) is 9.25. The van der Waals surface area contributed by atoms with Gasteiger partial charge in [-0.25, -0.2) is 8.42 Å². The van der Waals surface area contributed by atoms with E-state index in [9.17, 15) is 13.2 Å². The predicted octanol–water partition coefficient (Wildman–Crippen LogP) is 3.96. The van der Waals surface area contributed by atoms with Crippen molar-refractivity contribution in [1.82, 2.24) is 4.31 Å². The van der Waals surface area contributed by atoms with Crippen molar-refractivity contribution in [2.45, 2.75) is 45.4 Å². The van der Waals surface area contributed by atoms with Crippen LogP contribution < -0.4 is 5.32 Å². The lowest BCUT2D eigenvalue weighted by Gasteiger charge is -2.17. The molecule has 3 rings (SSSR count). The maximum Gasteiger partial charge on any atom is 0.255 e. The summed E-state index contributed by atoms with van der Waals surface area (Å²) in [5, 5.41) is 2.96. The number of benzene rings is 2. The lowest BCUT2D eigenvalue weighted by Crippen LogP contribution is -2.28. The third kappa shape index (κ3) is 3.92. The molecule has 1 aliphatic heterocycles. The lowest BCUT2D eigenvalue weighted by atomic mass is 10.0. The first kappa shape index (κ1) is 19.6. The minimum atomic E-state index is -3.55. The van der Waals surface area contributed by atoms with Gasteiger partial charge in [0.2, 0.25) is 10.0 Å². The monoisotopic (exact) mass is 386 g/mol. The number of carbonyl (C=O) groups excluding carboxylic acids is 1. The number of nitrogens with zero attached hydrogens (tertiary/aromatic N) is 1. The Bertz CT molecular complexity index is 967. The van der Waals surface area contributed by atoms with Crippen LogP contribution in [-0.4, -0.2) is 31.7 Å². The van der Waals surface area contributed by atoms with Gasteiger partial charge in [-0.1, -0.05) is 23.8 Å². The third-order valence-electron chi connectivity index (χ3n) is 5.07. The first-order valence-corrected chi connectivity index (χ1v) is 10.6. The zero-order valence-corrected chi connectivity index (χ0v) is 17.1. The molecular weight excluding hydrogens is 360 g/mol. The number of sulfonamides is 1. The fourth-order valence-corrected chi connectivity index (χ4v) is 5.19. The molecule has 1 heterocycles. The van der Waals surface area contributed by atoms with Crippen LogP contribution in [-0.2, 0) is 10.0 Å². The molecule has 0 unspecified atom stereocenters. The molecule has 0 aromatic heterocycles. The number of aryl methyl sites for hydroxylation is 4. The van der Waals surface area contributed by atoms with Crippen LogP contribution in [0.3, 0.4) is 0 Å². The molecule has 1 fully saturated rings. The minimum Gasteiger partial charge on any atom is -0.321 e. The normalized spacial score (nSPS) is 15.1. The van der Waals surface area contributed by atoms with Crippen molar-refractivity contribution in [3.05, 3.63) is 58.1 Å². The molecular formula is C21H26N2O3S. The number of hydrogen-bond donors (Lipinski definition) is 1. The fourth-order valence-electron chi connectivity index (χ4n) is 3.64. The lowest BCUT2D eigenvalue weighted by molar-refractivity contribution is 0.102. The maximum atomic E-state index is 12.9. The molecule has 0 spiro atoms. The van der Waals surface area contributed by atoms with Gasteiger partial charge in [-0.05, 0) is 69.4 Å². The average Bonchev–Trinajstić information content (AvgIpc) is 3.13. The smallest absolute Gasteiger partial charge is 0.255 e. The highest BCUT2D eigenvalue weighted by Crippen LogP contribution is 2.26. The summed E-state index contributed by atoms with van der Waals surface area (Å²) in [5.41, 5.74) is 5.01. The summed E-state index contributed by atoms with van der Waals surface area (Å²) in [6, 6.07) is 8.82. The van der Waals surface area contributed by atoms with Crippen LogP contribution in [0.2, 0.25) is 0 Å². The number of amides is 1. The Balaban J connectivity index is 1.94. The number of carbonyl (C=O) groups is 1. The SMILES string of the molecule is Cc1cc(C)c(NC(=O)c2cc(S(=O)(=O)N3CCCC3)ccc2C)c(C)c1. The van der Waals surface area contributed by atoms with Gasteiger partial charge in [0.15, 0.2) is 0 Å². The number of hydrogen-bond acceptors (Lipinski definition) is 3. The molecule has 0 radical (unpaired) electrons. The Hall–Kier alpha value is -2.18. The molecule has 1 N–H and O–H groups in total.